The van der Waals surface area contributed by atoms with Crippen LogP contribution in [0.1, 0.15) is 38.8 Å². The van der Waals surface area contributed by atoms with Gasteiger partial charge in [0.2, 0.25) is 0 Å². The SMILES string of the molecule is CCC(C)N(CC)CC(N)c1cccc(F)c1F. The van der Waals surface area contributed by atoms with E-state index in [0.29, 0.717) is 12.6 Å². The molecular formula is C14H22F2N2. The van der Waals surface area contributed by atoms with Crippen molar-refractivity contribution >= 4 is 0 Å². The van der Waals surface area contributed by atoms with Gasteiger partial charge >= 0.3 is 0 Å². The molecule has 2 N–H and O–H groups in total. The highest BCUT2D eigenvalue weighted by atomic mass is 19.2. The van der Waals surface area contributed by atoms with Gasteiger partial charge in [-0.15, -0.1) is 0 Å². The van der Waals surface area contributed by atoms with E-state index in [0.717, 1.165) is 19.0 Å². The fraction of sp³-hybridized carbons (Fsp3) is 0.571. The molecule has 0 spiro atoms. The Labute approximate surface area is 108 Å². The normalized spacial score (nSPS) is 14.8. The molecule has 0 heterocycles. The Kier molecular flexibility index (Phi) is 5.69. The summed E-state index contributed by atoms with van der Waals surface area (Å²) in [4.78, 5) is 2.18. The zero-order chi connectivity index (χ0) is 13.7. The minimum Gasteiger partial charge on any atom is -0.323 e. The molecule has 2 unspecified atom stereocenters. The summed E-state index contributed by atoms with van der Waals surface area (Å²) in [5.74, 6) is -1.67. The Balaban J connectivity index is 2.81. The van der Waals surface area contributed by atoms with E-state index in [-0.39, 0.29) is 5.56 Å². The van der Waals surface area contributed by atoms with Gasteiger partial charge in [-0.25, -0.2) is 8.78 Å². The van der Waals surface area contributed by atoms with Crippen LogP contribution in [0.4, 0.5) is 8.78 Å². The summed E-state index contributed by atoms with van der Waals surface area (Å²) >= 11 is 0. The van der Waals surface area contributed by atoms with Crippen LogP contribution in [0.3, 0.4) is 0 Å². The molecule has 0 amide bonds. The lowest BCUT2D eigenvalue weighted by Gasteiger charge is -2.29. The molecule has 0 saturated carbocycles. The molecule has 0 aliphatic rings. The zero-order valence-electron chi connectivity index (χ0n) is 11.3. The second kappa shape index (κ2) is 6.81. The largest absolute Gasteiger partial charge is 0.323 e. The number of halogens is 2. The second-order valence-electron chi connectivity index (χ2n) is 4.59. The molecule has 0 aliphatic heterocycles. The first kappa shape index (κ1) is 15.1. The van der Waals surface area contributed by atoms with Crippen LogP contribution in [-0.2, 0) is 0 Å². The highest BCUT2D eigenvalue weighted by molar-refractivity contribution is 5.22. The van der Waals surface area contributed by atoms with Gasteiger partial charge in [0.05, 0.1) is 0 Å². The summed E-state index contributed by atoms with van der Waals surface area (Å²) in [5, 5.41) is 0. The third-order valence-electron chi connectivity index (χ3n) is 3.43. The topological polar surface area (TPSA) is 29.3 Å². The van der Waals surface area contributed by atoms with Crippen molar-refractivity contribution in [2.45, 2.75) is 39.3 Å². The highest BCUT2D eigenvalue weighted by Gasteiger charge is 2.19. The summed E-state index contributed by atoms with van der Waals surface area (Å²) in [6.07, 6.45) is 1.01. The van der Waals surface area contributed by atoms with E-state index in [4.69, 9.17) is 5.73 Å². The van der Waals surface area contributed by atoms with Crippen molar-refractivity contribution in [2.75, 3.05) is 13.1 Å². The van der Waals surface area contributed by atoms with E-state index < -0.39 is 17.7 Å². The fourth-order valence-corrected chi connectivity index (χ4v) is 2.04. The second-order valence-corrected chi connectivity index (χ2v) is 4.59. The molecular weight excluding hydrogens is 234 g/mol. The summed E-state index contributed by atoms with van der Waals surface area (Å²) < 4.78 is 26.8. The van der Waals surface area contributed by atoms with Crippen LogP contribution in [0.5, 0.6) is 0 Å². The van der Waals surface area contributed by atoms with Crippen molar-refractivity contribution < 1.29 is 8.78 Å². The first-order chi connectivity index (χ1) is 8.51. The Morgan fingerprint density at radius 3 is 2.50 bits per heavy atom. The van der Waals surface area contributed by atoms with Gasteiger partial charge < -0.3 is 5.73 Å². The maximum atomic E-state index is 13.6. The zero-order valence-corrected chi connectivity index (χ0v) is 11.3. The number of rotatable bonds is 6. The third kappa shape index (κ3) is 3.50. The number of likely N-dealkylation sites (N-methyl/N-ethyl adjacent to an activating group) is 1. The van der Waals surface area contributed by atoms with Crippen LogP contribution in [0, 0.1) is 11.6 Å². The lowest BCUT2D eigenvalue weighted by atomic mass is 10.1. The standard InChI is InChI=1S/C14H22F2N2/c1-4-10(3)18(5-2)9-13(17)11-7-6-8-12(15)14(11)16/h6-8,10,13H,4-5,9,17H2,1-3H3. The molecule has 0 aromatic heterocycles. The molecule has 1 aromatic rings. The van der Waals surface area contributed by atoms with Gasteiger partial charge in [0.1, 0.15) is 0 Å². The Bertz CT molecular complexity index is 382. The molecule has 0 saturated heterocycles. The molecule has 0 radical (unpaired) electrons. The van der Waals surface area contributed by atoms with Crippen molar-refractivity contribution in [2.24, 2.45) is 5.73 Å². The third-order valence-corrected chi connectivity index (χ3v) is 3.43. The molecule has 0 bridgehead atoms. The van der Waals surface area contributed by atoms with Crippen LogP contribution < -0.4 is 5.73 Å². The molecule has 0 aliphatic carbocycles. The van der Waals surface area contributed by atoms with Gasteiger partial charge in [0.15, 0.2) is 11.6 Å². The maximum absolute atomic E-state index is 13.6. The summed E-state index contributed by atoms with van der Waals surface area (Å²) in [6, 6.07) is 4.03. The molecule has 1 rings (SSSR count). The van der Waals surface area contributed by atoms with Gasteiger partial charge in [-0.3, -0.25) is 4.90 Å². The number of hydrogen-bond acceptors (Lipinski definition) is 2. The molecule has 18 heavy (non-hydrogen) atoms. The molecule has 2 atom stereocenters. The van der Waals surface area contributed by atoms with Crippen LogP contribution in [0.2, 0.25) is 0 Å². The first-order valence-electron chi connectivity index (χ1n) is 6.44. The van der Waals surface area contributed by atoms with E-state index in [2.05, 4.69) is 18.7 Å². The molecule has 4 heteroatoms. The van der Waals surface area contributed by atoms with E-state index in [1.807, 2.05) is 6.92 Å². The van der Waals surface area contributed by atoms with Crippen molar-refractivity contribution in [3.05, 3.63) is 35.4 Å². The molecule has 2 nitrogen and oxygen atoms in total. The monoisotopic (exact) mass is 256 g/mol. The summed E-state index contributed by atoms with van der Waals surface area (Å²) in [5.41, 5.74) is 6.23. The number of nitrogens with two attached hydrogens (primary N) is 1. The number of nitrogens with zero attached hydrogens (tertiary/aromatic N) is 1. The highest BCUT2D eigenvalue weighted by Crippen LogP contribution is 2.19. The lowest BCUT2D eigenvalue weighted by Crippen LogP contribution is -2.38. The Morgan fingerprint density at radius 2 is 1.94 bits per heavy atom. The van der Waals surface area contributed by atoms with Crippen LogP contribution >= 0.6 is 0 Å². The predicted molar refractivity (Wildman–Crippen MR) is 70.3 cm³/mol. The van der Waals surface area contributed by atoms with E-state index in [1.165, 1.54) is 6.07 Å². The molecule has 1 aromatic carbocycles. The Morgan fingerprint density at radius 1 is 1.28 bits per heavy atom. The van der Waals surface area contributed by atoms with E-state index in [1.54, 1.807) is 6.07 Å². The quantitative estimate of drug-likeness (QED) is 0.847. The minimum atomic E-state index is -0.838. The average Bonchev–Trinajstić information content (AvgIpc) is 2.37. The van der Waals surface area contributed by atoms with Gasteiger partial charge in [-0.05, 0) is 26.0 Å². The van der Waals surface area contributed by atoms with E-state index in [9.17, 15) is 8.78 Å². The smallest absolute Gasteiger partial charge is 0.163 e. The lowest BCUT2D eigenvalue weighted by molar-refractivity contribution is 0.201. The van der Waals surface area contributed by atoms with Gasteiger partial charge in [-0.1, -0.05) is 26.0 Å². The molecule has 102 valence electrons. The predicted octanol–water partition coefficient (Wildman–Crippen LogP) is 3.09. The maximum Gasteiger partial charge on any atom is 0.163 e. The van der Waals surface area contributed by atoms with Gasteiger partial charge in [0.25, 0.3) is 0 Å². The van der Waals surface area contributed by atoms with E-state index >= 15 is 0 Å². The first-order valence-corrected chi connectivity index (χ1v) is 6.44. The summed E-state index contributed by atoms with van der Waals surface area (Å²) in [6.45, 7) is 7.63. The summed E-state index contributed by atoms with van der Waals surface area (Å²) in [7, 11) is 0. The van der Waals surface area contributed by atoms with Gasteiger partial charge in [0, 0.05) is 24.2 Å². The van der Waals surface area contributed by atoms with Crippen molar-refractivity contribution in [1.29, 1.82) is 0 Å². The van der Waals surface area contributed by atoms with Gasteiger partial charge in [-0.2, -0.15) is 0 Å². The van der Waals surface area contributed by atoms with Crippen molar-refractivity contribution in [3.8, 4) is 0 Å². The van der Waals surface area contributed by atoms with Crippen LogP contribution in [0.25, 0.3) is 0 Å². The fourth-order valence-electron chi connectivity index (χ4n) is 2.04. The molecule has 0 fully saturated rings. The van der Waals surface area contributed by atoms with Crippen LogP contribution in [0.15, 0.2) is 18.2 Å². The van der Waals surface area contributed by atoms with Crippen molar-refractivity contribution in [3.63, 3.8) is 0 Å². The van der Waals surface area contributed by atoms with Crippen LogP contribution in [-0.4, -0.2) is 24.0 Å². The minimum absolute atomic E-state index is 0.247. The Hall–Kier alpha value is -1.00. The number of hydrogen-bond donors (Lipinski definition) is 1. The average molecular weight is 256 g/mol. The van der Waals surface area contributed by atoms with Crippen molar-refractivity contribution in [1.82, 2.24) is 4.90 Å². The number of benzene rings is 1.